The first-order chi connectivity index (χ1) is 8.13. The number of hydrogen-bond acceptors (Lipinski definition) is 3. The quantitative estimate of drug-likeness (QED) is 0.822. The van der Waals surface area contributed by atoms with Crippen LogP contribution >= 0.6 is 11.6 Å². The molecule has 0 heterocycles. The number of rotatable bonds is 5. The summed E-state index contributed by atoms with van der Waals surface area (Å²) in [5.41, 5.74) is 0.676. The van der Waals surface area contributed by atoms with Crippen molar-refractivity contribution in [3.63, 3.8) is 0 Å². The van der Waals surface area contributed by atoms with Gasteiger partial charge in [0.25, 0.3) is 0 Å². The van der Waals surface area contributed by atoms with Gasteiger partial charge in [-0.15, -0.1) is 11.6 Å². The Labute approximate surface area is 106 Å². The summed E-state index contributed by atoms with van der Waals surface area (Å²) in [7, 11) is 3.09. The van der Waals surface area contributed by atoms with Gasteiger partial charge in [-0.25, -0.2) is 0 Å². The Bertz CT molecular complexity index is 395. The molecule has 1 aromatic carbocycles. The van der Waals surface area contributed by atoms with Gasteiger partial charge in [-0.1, -0.05) is 6.07 Å². The lowest BCUT2D eigenvalue weighted by Gasteiger charge is -2.13. The van der Waals surface area contributed by atoms with Gasteiger partial charge < -0.3 is 14.8 Å². The maximum atomic E-state index is 11.6. The zero-order valence-electron chi connectivity index (χ0n) is 10.1. The molecule has 0 saturated carbocycles. The van der Waals surface area contributed by atoms with Gasteiger partial charge in [0.05, 0.1) is 14.2 Å². The molecule has 0 aliphatic rings. The number of halogens is 1. The fraction of sp³-hybridized carbons (Fsp3) is 0.417. The molecular formula is C12H16ClNO3. The number of alkyl halides is 1. The molecule has 1 unspecified atom stereocenters. The van der Waals surface area contributed by atoms with Crippen LogP contribution in [0.2, 0.25) is 0 Å². The third-order valence-corrected chi connectivity index (χ3v) is 2.73. The van der Waals surface area contributed by atoms with E-state index in [0.29, 0.717) is 23.6 Å². The van der Waals surface area contributed by atoms with Crippen molar-refractivity contribution in [2.24, 2.45) is 0 Å². The predicted molar refractivity (Wildman–Crippen MR) is 66.8 cm³/mol. The van der Waals surface area contributed by atoms with E-state index in [1.54, 1.807) is 25.3 Å². The van der Waals surface area contributed by atoms with Crippen LogP contribution in [-0.2, 0) is 4.79 Å². The summed E-state index contributed by atoms with van der Waals surface area (Å²) in [6.45, 7) is 2.39. The van der Waals surface area contributed by atoms with Crippen LogP contribution in [-0.4, -0.2) is 26.7 Å². The molecule has 0 saturated heterocycles. The monoisotopic (exact) mass is 257 g/mol. The van der Waals surface area contributed by atoms with Crippen LogP contribution in [0.1, 0.15) is 17.9 Å². The van der Waals surface area contributed by atoms with Crippen molar-refractivity contribution in [3.05, 3.63) is 23.8 Å². The molecule has 0 bridgehead atoms. The Kier molecular flexibility index (Phi) is 5.10. The number of amides is 1. The molecule has 0 radical (unpaired) electrons. The molecule has 5 heteroatoms. The highest BCUT2D eigenvalue weighted by molar-refractivity contribution is 6.30. The lowest BCUT2D eigenvalue weighted by atomic mass is 10.1. The van der Waals surface area contributed by atoms with Crippen molar-refractivity contribution in [2.75, 3.05) is 20.8 Å². The highest BCUT2D eigenvalue weighted by Crippen LogP contribution is 2.32. The Morgan fingerprint density at radius 2 is 2.00 bits per heavy atom. The van der Waals surface area contributed by atoms with Crippen LogP contribution in [0.3, 0.4) is 0 Å². The number of nitrogens with one attached hydrogen (secondary N) is 1. The molecule has 1 N–H and O–H groups in total. The summed E-state index contributed by atoms with van der Waals surface area (Å²) >= 11 is 6.05. The Morgan fingerprint density at radius 3 is 2.53 bits per heavy atom. The lowest BCUT2D eigenvalue weighted by Crippen LogP contribution is -2.26. The molecule has 1 aromatic rings. The zero-order valence-corrected chi connectivity index (χ0v) is 10.9. The second-order valence-corrected chi connectivity index (χ2v) is 3.81. The first-order valence-corrected chi connectivity index (χ1v) is 5.71. The standard InChI is InChI=1S/C12H16ClNO3/c1-4-14-12(15)11(13)8-5-6-9(16-2)10(7-8)17-3/h5-7,11H,4H2,1-3H3,(H,14,15). The van der Waals surface area contributed by atoms with Crippen molar-refractivity contribution < 1.29 is 14.3 Å². The van der Waals surface area contributed by atoms with Crippen LogP contribution in [0, 0.1) is 0 Å². The Balaban J connectivity index is 2.95. The van der Waals surface area contributed by atoms with Crippen molar-refractivity contribution in [2.45, 2.75) is 12.3 Å². The van der Waals surface area contributed by atoms with Crippen molar-refractivity contribution in [1.29, 1.82) is 0 Å². The Hall–Kier alpha value is -1.42. The van der Waals surface area contributed by atoms with E-state index in [2.05, 4.69) is 5.32 Å². The van der Waals surface area contributed by atoms with Gasteiger partial charge >= 0.3 is 0 Å². The molecule has 0 aromatic heterocycles. The third-order valence-electron chi connectivity index (χ3n) is 2.28. The minimum atomic E-state index is -0.727. The van der Waals surface area contributed by atoms with E-state index in [9.17, 15) is 4.79 Å². The van der Waals surface area contributed by atoms with Crippen molar-refractivity contribution in [1.82, 2.24) is 5.32 Å². The zero-order chi connectivity index (χ0) is 12.8. The SMILES string of the molecule is CCNC(=O)C(Cl)c1ccc(OC)c(OC)c1. The topological polar surface area (TPSA) is 47.6 Å². The summed E-state index contributed by atoms with van der Waals surface area (Å²) in [6, 6.07) is 5.17. The van der Waals surface area contributed by atoms with Gasteiger partial charge in [0.2, 0.25) is 5.91 Å². The molecule has 94 valence electrons. The number of ether oxygens (including phenoxy) is 2. The van der Waals surface area contributed by atoms with Gasteiger partial charge in [-0.05, 0) is 24.6 Å². The minimum absolute atomic E-state index is 0.221. The summed E-state index contributed by atoms with van der Waals surface area (Å²) in [6.07, 6.45) is 0. The molecule has 0 aliphatic carbocycles. The van der Waals surface area contributed by atoms with Crippen LogP contribution in [0.5, 0.6) is 11.5 Å². The number of carbonyl (C=O) groups is 1. The lowest BCUT2D eigenvalue weighted by molar-refractivity contribution is -0.120. The van der Waals surface area contributed by atoms with Crippen LogP contribution < -0.4 is 14.8 Å². The number of carbonyl (C=O) groups excluding carboxylic acids is 1. The van der Waals surface area contributed by atoms with Gasteiger partial charge in [0.15, 0.2) is 11.5 Å². The average Bonchev–Trinajstić information content (AvgIpc) is 2.37. The van der Waals surface area contributed by atoms with E-state index in [1.807, 2.05) is 6.92 Å². The number of methoxy groups -OCH3 is 2. The van der Waals surface area contributed by atoms with Crippen molar-refractivity contribution in [3.8, 4) is 11.5 Å². The second-order valence-electron chi connectivity index (χ2n) is 3.37. The largest absolute Gasteiger partial charge is 0.493 e. The number of hydrogen-bond donors (Lipinski definition) is 1. The number of likely N-dealkylation sites (N-methyl/N-ethyl adjacent to an activating group) is 1. The van der Waals surface area contributed by atoms with Gasteiger partial charge in [0, 0.05) is 6.54 Å². The van der Waals surface area contributed by atoms with E-state index < -0.39 is 5.38 Å². The van der Waals surface area contributed by atoms with E-state index >= 15 is 0 Å². The molecule has 1 atom stereocenters. The molecule has 17 heavy (non-hydrogen) atoms. The maximum absolute atomic E-state index is 11.6. The van der Waals surface area contributed by atoms with Gasteiger partial charge in [-0.3, -0.25) is 4.79 Å². The van der Waals surface area contributed by atoms with E-state index in [1.165, 1.54) is 7.11 Å². The first-order valence-electron chi connectivity index (χ1n) is 5.27. The molecule has 0 spiro atoms. The summed E-state index contributed by atoms with van der Waals surface area (Å²) < 4.78 is 10.3. The smallest absolute Gasteiger partial charge is 0.242 e. The molecule has 0 fully saturated rings. The van der Waals surface area contributed by atoms with Crippen LogP contribution in [0.15, 0.2) is 18.2 Å². The highest BCUT2D eigenvalue weighted by Gasteiger charge is 2.18. The summed E-state index contributed by atoms with van der Waals surface area (Å²) in [5.74, 6) is 0.942. The maximum Gasteiger partial charge on any atom is 0.242 e. The Morgan fingerprint density at radius 1 is 1.35 bits per heavy atom. The van der Waals surface area contributed by atoms with Gasteiger partial charge in [0.1, 0.15) is 5.38 Å². The van der Waals surface area contributed by atoms with E-state index in [-0.39, 0.29) is 5.91 Å². The summed E-state index contributed by atoms with van der Waals surface area (Å²) in [4.78, 5) is 11.6. The fourth-order valence-electron chi connectivity index (χ4n) is 1.43. The second kappa shape index (κ2) is 6.35. The average molecular weight is 258 g/mol. The third kappa shape index (κ3) is 3.27. The molecular weight excluding hydrogens is 242 g/mol. The number of benzene rings is 1. The minimum Gasteiger partial charge on any atom is -0.493 e. The van der Waals surface area contributed by atoms with Crippen molar-refractivity contribution >= 4 is 17.5 Å². The summed E-state index contributed by atoms with van der Waals surface area (Å²) in [5, 5.41) is 1.94. The van der Waals surface area contributed by atoms with E-state index in [4.69, 9.17) is 21.1 Å². The van der Waals surface area contributed by atoms with Gasteiger partial charge in [-0.2, -0.15) is 0 Å². The first kappa shape index (κ1) is 13.6. The molecule has 1 amide bonds. The van der Waals surface area contributed by atoms with Crippen LogP contribution in [0.25, 0.3) is 0 Å². The molecule has 4 nitrogen and oxygen atoms in total. The molecule has 0 aliphatic heterocycles. The molecule has 1 rings (SSSR count). The van der Waals surface area contributed by atoms with E-state index in [0.717, 1.165) is 0 Å². The van der Waals surface area contributed by atoms with Crippen LogP contribution in [0.4, 0.5) is 0 Å². The highest BCUT2D eigenvalue weighted by atomic mass is 35.5. The normalized spacial score (nSPS) is 11.8. The predicted octanol–water partition coefficient (Wildman–Crippen LogP) is 2.12. The fourth-order valence-corrected chi connectivity index (χ4v) is 1.64.